The van der Waals surface area contributed by atoms with Crippen LogP contribution in [-0.2, 0) is 19.3 Å². The molecule has 2 aromatic heterocycles. The average Bonchev–Trinajstić information content (AvgIpc) is 3.36. The molecule has 0 fully saturated rings. The van der Waals surface area contributed by atoms with Crippen LogP contribution in [0.3, 0.4) is 0 Å². The number of hydrogen-bond acceptors (Lipinski definition) is 3. The highest BCUT2D eigenvalue weighted by Gasteiger charge is 2.26. The number of nitrogens with one attached hydrogen (secondary N) is 2. The molecule has 2 heterocycles. The van der Waals surface area contributed by atoms with Gasteiger partial charge >= 0.3 is 0 Å². The van der Waals surface area contributed by atoms with E-state index in [4.69, 9.17) is 0 Å². The van der Waals surface area contributed by atoms with E-state index in [1.54, 1.807) is 16.8 Å². The van der Waals surface area contributed by atoms with Gasteiger partial charge in [-0.2, -0.15) is 10.2 Å². The maximum absolute atomic E-state index is 13.2. The van der Waals surface area contributed by atoms with E-state index in [1.807, 2.05) is 13.1 Å². The normalized spacial score (nSPS) is 13.0. The Morgan fingerprint density at radius 1 is 1.30 bits per heavy atom. The van der Waals surface area contributed by atoms with Crippen LogP contribution in [0.15, 0.2) is 30.5 Å². The van der Waals surface area contributed by atoms with Gasteiger partial charge in [0.25, 0.3) is 5.91 Å². The summed E-state index contributed by atoms with van der Waals surface area (Å²) in [5.74, 6) is -0.425. The zero-order valence-corrected chi connectivity index (χ0v) is 15.3. The van der Waals surface area contributed by atoms with E-state index in [1.165, 1.54) is 17.7 Å². The van der Waals surface area contributed by atoms with Gasteiger partial charge in [-0.05, 0) is 68.9 Å². The molecule has 140 valence electrons. The summed E-state index contributed by atoms with van der Waals surface area (Å²) in [6.07, 6.45) is 6.28. The SMILES string of the molecule is Cc1[nH]ncc1CCCNC(=O)c1nn(-c2ccc(F)cc2)c2c1CCC2. The number of carbonyl (C=O) groups is 1. The summed E-state index contributed by atoms with van der Waals surface area (Å²) in [5.41, 5.74) is 5.58. The summed E-state index contributed by atoms with van der Waals surface area (Å²) in [6, 6.07) is 6.21. The van der Waals surface area contributed by atoms with Crippen LogP contribution in [0.2, 0.25) is 0 Å². The van der Waals surface area contributed by atoms with Gasteiger partial charge in [0.15, 0.2) is 5.69 Å². The number of carbonyl (C=O) groups excluding carboxylic acids is 1. The van der Waals surface area contributed by atoms with Crippen molar-refractivity contribution in [3.05, 3.63) is 64.5 Å². The molecule has 0 bridgehead atoms. The smallest absolute Gasteiger partial charge is 0.272 e. The number of nitrogens with zero attached hydrogens (tertiary/aromatic N) is 3. The summed E-state index contributed by atoms with van der Waals surface area (Å²) in [7, 11) is 0. The molecule has 1 aliphatic rings. The zero-order chi connectivity index (χ0) is 18.8. The Kier molecular flexibility index (Phi) is 4.75. The predicted molar refractivity (Wildman–Crippen MR) is 99.5 cm³/mol. The van der Waals surface area contributed by atoms with Crippen molar-refractivity contribution in [1.82, 2.24) is 25.3 Å². The van der Waals surface area contributed by atoms with Gasteiger partial charge < -0.3 is 5.32 Å². The van der Waals surface area contributed by atoms with E-state index in [2.05, 4.69) is 20.6 Å². The Hall–Kier alpha value is -2.96. The molecule has 0 aliphatic heterocycles. The number of aromatic nitrogens is 4. The molecule has 0 radical (unpaired) electrons. The summed E-state index contributed by atoms with van der Waals surface area (Å²) in [6.45, 7) is 2.58. The van der Waals surface area contributed by atoms with Crippen LogP contribution in [-0.4, -0.2) is 32.4 Å². The van der Waals surface area contributed by atoms with E-state index in [-0.39, 0.29) is 11.7 Å². The van der Waals surface area contributed by atoms with Gasteiger partial charge in [0.2, 0.25) is 0 Å². The third-order valence-electron chi connectivity index (χ3n) is 5.06. The topological polar surface area (TPSA) is 75.6 Å². The lowest BCUT2D eigenvalue weighted by atomic mass is 10.1. The van der Waals surface area contributed by atoms with Gasteiger partial charge in [-0.1, -0.05) is 0 Å². The number of halogens is 1. The quantitative estimate of drug-likeness (QED) is 0.658. The highest BCUT2D eigenvalue weighted by molar-refractivity contribution is 5.94. The third-order valence-corrected chi connectivity index (χ3v) is 5.06. The van der Waals surface area contributed by atoms with Crippen molar-refractivity contribution < 1.29 is 9.18 Å². The van der Waals surface area contributed by atoms with Crippen molar-refractivity contribution >= 4 is 5.91 Å². The molecule has 4 rings (SSSR count). The first-order valence-electron chi connectivity index (χ1n) is 9.27. The van der Waals surface area contributed by atoms with Crippen LogP contribution in [0.5, 0.6) is 0 Å². The number of H-pyrrole nitrogens is 1. The Morgan fingerprint density at radius 2 is 2.11 bits per heavy atom. The molecule has 1 aromatic carbocycles. The van der Waals surface area contributed by atoms with Gasteiger partial charge in [0.05, 0.1) is 11.9 Å². The third kappa shape index (κ3) is 3.49. The Morgan fingerprint density at radius 3 is 2.85 bits per heavy atom. The van der Waals surface area contributed by atoms with Crippen LogP contribution >= 0.6 is 0 Å². The summed E-state index contributed by atoms with van der Waals surface area (Å²) < 4.78 is 15.0. The van der Waals surface area contributed by atoms with E-state index in [0.29, 0.717) is 12.2 Å². The second-order valence-corrected chi connectivity index (χ2v) is 6.90. The van der Waals surface area contributed by atoms with Gasteiger partial charge in [-0.25, -0.2) is 9.07 Å². The Bertz CT molecular complexity index is 957. The lowest BCUT2D eigenvalue weighted by molar-refractivity contribution is 0.0947. The lowest BCUT2D eigenvalue weighted by Gasteiger charge is -2.05. The van der Waals surface area contributed by atoms with Gasteiger partial charge in [-0.15, -0.1) is 0 Å². The molecule has 3 aromatic rings. The molecule has 0 saturated carbocycles. The molecule has 1 amide bonds. The summed E-state index contributed by atoms with van der Waals surface area (Å²) >= 11 is 0. The molecule has 7 heteroatoms. The molecule has 2 N–H and O–H groups in total. The van der Waals surface area contributed by atoms with E-state index >= 15 is 0 Å². The maximum atomic E-state index is 13.2. The highest BCUT2D eigenvalue weighted by atomic mass is 19.1. The molecular formula is C20H22FN5O. The fourth-order valence-corrected chi connectivity index (χ4v) is 3.61. The molecular weight excluding hydrogens is 345 g/mol. The average molecular weight is 367 g/mol. The number of benzene rings is 1. The van der Waals surface area contributed by atoms with Crippen LogP contribution in [0.25, 0.3) is 5.69 Å². The number of fused-ring (bicyclic) bond motifs is 1. The summed E-state index contributed by atoms with van der Waals surface area (Å²) in [5, 5.41) is 14.5. The molecule has 0 unspecified atom stereocenters. The Labute approximate surface area is 156 Å². The number of rotatable bonds is 6. The first-order valence-corrected chi connectivity index (χ1v) is 9.27. The minimum atomic E-state index is -0.284. The molecule has 27 heavy (non-hydrogen) atoms. The first-order chi connectivity index (χ1) is 13.1. The molecule has 0 saturated heterocycles. The van der Waals surface area contributed by atoms with E-state index in [9.17, 15) is 9.18 Å². The second kappa shape index (κ2) is 7.34. The van der Waals surface area contributed by atoms with Crippen LogP contribution in [0.1, 0.15) is 45.8 Å². The highest BCUT2D eigenvalue weighted by Crippen LogP contribution is 2.27. The van der Waals surface area contributed by atoms with Gasteiger partial charge in [0, 0.05) is 23.5 Å². The molecule has 0 spiro atoms. The van der Waals surface area contributed by atoms with Crippen LogP contribution in [0.4, 0.5) is 4.39 Å². The Balaban J connectivity index is 1.45. The minimum Gasteiger partial charge on any atom is -0.351 e. The largest absolute Gasteiger partial charge is 0.351 e. The van der Waals surface area contributed by atoms with Crippen molar-refractivity contribution in [1.29, 1.82) is 0 Å². The lowest BCUT2D eigenvalue weighted by Crippen LogP contribution is -2.26. The maximum Gasteiger partial charge on any atom is 0.272 e. The monoisotopic (exact) mass is 367 g/mol. The minimum absolute atomic E-state index is 0.141. The van der Waals surface area contributed by atoms with E-state index in [0.717, 1.165) is 54.7 Å². The summed E-state index contributed by atoms with van der Waals surface area (Å²) in [4.78, 5) is 12.7. The number of aryl methyl sites for hydroxylation is 2. The van der Waals surface area contributed by atoms with Gasteiger partial charge in [0.1, 0.15) is 5.82 Å². The number of amides is 1. The van der Waals surface area contributed by atoms with Crippen molar-refractivity contribution in [2.75, 3.05) is 6.54 Å². The van der Waals surface area contributed by atoms with Crippen molar-refractivity contribution in [3.8, 4) is 5.69 Å². The molecule has 1 aliphatic carbocycles. The van der Waals surface area contributed by atoms with Gasteiger partial charge in [-0.3, -0.25) is 9.89 Å². The van der Waals surface area contributed by atoms with Crippen LogP contribution < -0.4 is 5.32 Å². The predicted octanol–water partition coefficient (Wildman–Crippen LogP) is 2.89. The fraction of sp³-hybridized carbons (Fsp3) is 0.350. The van der Waals surface area contributed by atoms with Crippen molar-refractivity contribution in [3.63, 3.8) is 0 Å². The van der Waals surface area contributed by atoms with Crippen LogP contribution in [0, 0.1) is 12.7 Å². The van der Waals surface area contributed by atoms with E-state index < -0.39 is 0 Å². The number of hydrogen-bond donors (Lipinski definition) is 2. The second-order valence-electron chi connectivity index (χ2n) is 6.90. The standard InChI is InChI=1S/C20H22FN5O/c1-13-14(12-23-24-13)4-3-11-22-20(27)19-17-5-2-6-18(17)26(25-19)16-9-7-15(21)8-10-16/h7-10,12H,2-6,11H2,1H3,(H,22,27)(H,23,24). The zero-order valence-electron chi connectivity index (χ0n) is 15.3. The molecule has 0 atom stereocenters. The molecule has 6 nitrogen and oxygen atoms in total. The van der Waals surface area contributed by atoms with Crippen molar-refractivity contribution in [2.24, 2.45) is 0 Å². The fourth-order valence-electron chi connectivity index (χ4n) is 3.61. The first kappa shape index (κ1) is 17.5. The van der Waals surface area contributed by atoms with Crippen molar-refractivity contribution in [2.45, 2.75) is 39.0 Å². The number of aromatic amines is 1.